The normalized spacial score (nSPS) is 23.5. The van der Waals surface area contributed by atoms with Gasteiger partial charge in [0.15, 0.2) is 0 Å². The van der Waals surface area contributed by atoms with Gasteiger partial charge in [-0.3, -0.25) is 4.79 Å². The van der Waals surface area contributed by atoms with E-state index in [1.165, 1.54) is 19.1 Å². The number of fused-ring (bicyclic) bond motifs is 1. The first kappa shape index (κ1) is 32.4. The third kappa shape index (κ3) is 6.68. The molecule has 0 radical (unpaired) electrons. The first-order chi connectivity index (χ1) is 17.1. The summed E-state index contributed by atoms with van der Waals surface area (Å²) in [6.07, 6.45) is -9.46. The Hall–Kier alpha value is -1.77. The van der Waals surface area contributed by atoms with Crippen LogP contribution in [0.15, 0.2) is 57.7 Å². The molecule has 1 aromatic heterocycles. The van der Waals surface area contributed by atoms with Gasteiger partial charge in [-0.2, -0.15) is 0 Å². The minimum atomic E-state index is -1.97. The third-order valence-electron chi connectivity index (χ3n) is 5.96. The number of hydrogen-bond donors (Lipinski definition) is 3. The van der Waals surface area contributed by atoms with E-state index in [1.54, 1.807) is 30.3 Å². The first-order valence-corrected chi connectivity index (χ1v) is 11.0. The van der Waals surface area contributed by atoms with Gasteiger partial charge in [-0.15, -0.1) is 0 Å². The molecule has 3 aromatic rings. The van der Waals surface area contributed by atoms with Crippen molar-refractivity contribution < 1.29 is 108 Å². The maximum Gasteiger partial charge on any atom is 1.00 e. The van der Waals surface area contributed by atoms with E-state index in [0.29, 0.717) is 5.56 Å². The number of aliphatic hydroxyl groups is 3. The van der Waals surface area contributed by atoms with Gasteiger partial charge in [-0.05, 0) is 24.6 Å². The molecule has 6 atom stereocenters. The fourth-order valence-corrected chi connectivity index (χ4v) is 4.17. The van der Waals surface area contributed by atoms with E-state index in [1.807, 2.05) is 0 Å². The van der Waals surface area contributed by atoms with Crippen molar-refractivity contribution in [2.24, 2.45) is 0 Å². The first-order valence-electron chi connectivity index (χ1n) is 11.0. The number of aliphatic carboxylic acids is 1. The number of carboxylic acids is 1. The second-order valence-corrected chi connectivity index (χ2v) is 8.49. The standard InChI is InChI=1S/C25H24O11.2Na/c1-11(26)9-15(12-5-3-2-4-6-12)17-18(27)14-8-7-13(10-16(14)35-24(17)33)34-25-21(30)19(28)20(29)22(36-25)23(31)32;;/h2-8,10,15,19-22,25,27-30H,9H2,1H3,(H,31,32);;/q;2*+1/p-2/t15?,19-,20-,21+,22-,25+;;/m0../s1. The molecule has 11 nitrogen and oxygen atoms in total. The number of carboxylic acid groups (broad SMARTS) is 1. The van der Waals surface area contributed by atoms with E-state index < -0.39 is 54.0 Å². The summed E-state index contributed by atoms with van der Waals surface area (Å²) in [4.78, 5) is 36.0. The average molecular weight is 544 g/mol. The Labute approximate surface area is 260 Å². The summed E-state index contributed by atoms with van der Waals surface area (Å²) in [5.41, 5.74) is -0.701. The average Bonchev–Trinajstić information content (AvgIpc) is 2.83. The topological polar surface area (TPSA) is 190 Å². The van der Waals surface area contributed by atoms with Crippen molar-refractivity contribution in [1.82, 2.24) is 0 Å². The molecule has 1 unspecified atom stereocenters. The fraction of sp³-hybridized carbons (Fsp3) is 0.320. The van der Waals surface area contributed by atoms with E-state index in [4.69, 9.17) is 13.9 Å². The van der Waals surface area contributed by atoms with E-state index >= 15 is 0 Å². The van der Waals surface area contributed by atoms with Crippen molar-refractivity contribution in [1.29, 1.82) is 0 Å². The Morgan fingerprint density at radius 2 is 1.68 bits per heavy atom. The van der Waals surface area contributed by atoms with Crippen molar-refractivity contribution in [3.05, 3.63) is 70.1 Å². The van der Waals surface area contributed by atoms with Gasteiger partial charge in [0, 0.05) is 29.4 Å². The van der Waals surface area contributed by atoms with Gasteiger partial charge >= 0.3 is 64.7 Å². The van der Waals surface area contributed by atoms with Gasteiger partial charge < -0.3 is 44.2 Å². The van der Waals surface area contributed by atoms with Gasteiger partial charge in [0.2, 0.25) is 6.29 Å². The molecule has 0 spiro atoms. The summed E-state index contributed by atoms with van der Waals surface area (Å²) in [5.74, 6) is -3.58. The summed E-state index contributed by atoms with van der Waals surface area (Å²) in [5, 5.41) is 54.3. The molecular weight excluding hydrogens is 522 g/mol. The predicted octanol–water partition coefficient (Wildman–Crippen LogP) is -7.08. The van der Waals surface area contributed by atoms with Crippen LogP contribution in [0.4, 0.5) is 0 Å². The van der Waals surface area contributed by atoms with Crippen LogP contribution in [0.25, 0.3) is 11.0 Å². The number of carbonyl (C=O) groups is 2. The van der Waals surface area contributed by atoms with Crippen LogP contribution in [0.3, 0.4) is 0 Å². The van der Waals surface area contributed by atoms with E-state index in [2.05, 4.69) is 0 Å². The van der Waals surface area contributed by atoms with Crippen LogP contribution >= 0.6 is 0 Å². The van der Waals surface area contributed by atoms with Crippen LogP contribution in [0.2, 0.25) is 0 Å². The molecule has 0 saturated carbocycles. The molecule has 4 rings (SSSR count). The van der Waals surface area contributed by atoms with E-state index in [-0.39, 0.29) is 93.6 Å². The fourth-order valence-electron chi connectivity index (χ4n) is 4.17. The SMILES string of the molecule is CC(=O)CC(c1ccccc1)c1c([O-])c2ccc(O[C@@H]3O[C@H](C(=O)[O-])[C@@H](O)[C@H](O)[C@H]3O)cc2oc1=O.[Na+].[Na+]. The quantitative estimate of drug-likeness (QED) is 0.189. The molecule has 13 heteroatoms. The number of benzene rings is 2. The second kappa shape index (κ2) is 13.5. The summed E-state index contributed by atoms with van der Waals surface area (Å²) < 4.78 is 15.8. The van der Waals surface area contributed by atoms with Crippen LogP contribution < -0.4 is 79.7 Å². The Bertz CT molecular complexity index is 1340. The minimum Gasteiger partial charge on any atom is -0.872 e. The Kier molecular flexibility index (Phi) is 11.6. The molecule has 3 N–H and O–H groups in total. The largest absolute Gasteiger partial charge is 1.00 e. The van der Waals surface area contributed by atoms with Crippen LogP contribution in [-0.4, -0.2) is 57.8 Å². The summed E-state index contributed by atoms with van der Waals surface area (Å²) in [6.45, 7) is 1.36. The van der Waals surface area contributed by atoms with Crippen LogP contribution in [0.5, 0.6) is 11.5 Å². The second-order valence-electron chi connectivity index (χ2n) is 8.49. The number of aliphatic hydroxyl groups excluding tert-OH is 3. The Morgan fingerprint density at radius 3 is 2.29 bits per heavy atom. The minimum absolute atomic E-state index is 0. The number of rotatable bonds is 7. The summed E-state index contributed by atoms with van der Waals surface area (Å²) >= 11 is 0. The molecule has 0 amide bonds. The zero-order valence-corrected chi connectivity index (χ0v) is 24.9. The molecule has 38 heavy (non-hydrogen) atoms. The number of carbonyl (C=O) groups excluding carboxylic acids is 2. The van der Waals surface area contributed by atoms with Crippen LogP contribution in [0.1, 0.15) is 30.4 Å². The smallest absolute Gasteiger partial charge is 0.872 e. The number of ketones is 1. The number of ether oxygens (including phenoxy) is 2. The van der Waals surface area contributed by atoms with Gasteiger partial charge in [0.1, 0.15) is 41.5 Å². The van der Waals surface area contributed by atoms with Gasteiger partial charge in [0.05, 0.1) is 5.97 Å². The molecule has 0 aliphatic carbocycles. The van der Waals surface area contributed by atoms with Gasteiger partial charge in [-0.1, -0.05) is 36.1 Å². The molecule has 1 aliphatic rings. The van der Waals surface area contributed by atoms with Crippen molar-refractivity contribution in [2.45, 2.75) is 50.0 Å². The molecule has 190 valence electrons. The van der Waals surface area contributed by atoms with Crippen molar-refractivity contribution in [3.8, 4) is 11.5 Å². The van der Waals surface area contributed by atoms with Gasteiger partial charge in [-0.25, -0.2) is 4.79 Å². The number of Topliss-reactive ketones (excluding diaryl/α,β-unsaturated/α-hetero) is 1. The predicted molar refractivity (Wildman–Crippen MR) is 118 cm³/mol. The van der Waals surface area contributed by atoms with Crippen LogP contribution in [-0.2, 0) is 14.3 Å². The molecule has 0 bridgehead atoms. The zero-order valence-electron chi connectivity index (χ0n) is 20.9. The monoisotopic (exact) mass is 544 g/mol. The van der Waals surface area contributed by atoms with E-state index in [9.17, 15) is 39.9 Å². The Balaban J connectivity index is 0.00000253. The van der Waals surface area contributed by atoms with Crippen molar-refractivity contribution in [3.63, 3.8) is 0 Å². The maximum atomic E-state index is 13.3. The van der Waals surface area contributed by atoms with Gasteiger partial charge in [0.25, 0.3) is 0 Å². The molecule has 1 saturated heterocycles. The van der Waals surface area contributed by atoms with Crippen LogP contribution in [0, 0.1) is 0 Å². The molecule has 1 fully saturated rings. The molecule has 2 heterocycles. The zero-order chi connectivity index (χ0) is 26.1. The molecular formula is C25H22Na2O11. The summed E-state index contributed by atoms with van der Waals surface area (Å²) in [7, 11) is 0. The molecule has 2 aromatic carbocycles. The summed E-state index contributed by atoms with van der Waals surface area (Å²) in [6, 6.07) is 12.4. The van der Waals surface area contributed by atoms with Crippen molar-refractivity contribution >= 4 is 22.7 Å². The van der Waals surface area contributed by atoms with E-state index in [0.717, 1.165) is 6.07 Å². The maximum absolute atomic E-state index is 13.3. The third-order valence-corrected chi connectivity index (χ3v) is 5.96. The van der Waals surface area contributed by atoms with Crippen molar-refractivity contribution in [2.75, 3.05) is 0 Å². The Morgan fingerprint density at radius 1 is 1.03 bits per heavy atom. The number of hydrogen-bond acceptors (Lipinski definition) is 11. The molecule has 1 aliphatic heterocycles.